The number of hydrogen-bond donors (Lipinski definition) is 9. The minimum Gasteiger partial charge on any atom is -0.481 e. The third-order valence-electron chi connectivity index (χ3n) is 12.4. The Morgan fingerprint density at radius 2 is 1.26 bits per heavy atom. The molecule has 436 valence electrons. The number of ether oxygens (including phenoxy) is 5. The van der Waals surface area contributed by atoms with Crippen LogP contribution >= 0.6 is 0 Å². The molecule has 0 unspecified atom stereocenters. The number of amides is 10. The van der Waals surface area contributed by atoms with E-state index in [0.29, 0.717) is 6.42 Å². The van der Waals surface area contributed by atoms with Gasteiger partial charge in [-0.2, -0.15) is 0 Å². The zero-order valence-electron chi connectivity index (χ0n) is 45.2. The third-order valence-corrected chi connectivity index (χ3v) is 12.4. The van der Waals surface area contributed by atoms with Crippen molar-refractivity contribution >= 4 is 82.9 Å². The van der Waals surface area contributed by atoms with Gasteiger partial charge in [0.15, 0.2) is 18.5 Å². The fraction of sp³-hybridized carbons (Fsp3) is 0.708. The summed E-state index contributed by atoms with van der Waals surface area (Å²) in [6, 6.07) is -9.54. The Morgan fingerprint density at radius 3 is 1.81 bits per heavy atom. The normalized spacial score (nSPS) is 22.7. The molecule has 3 rings (SSSR count). The molecule has 0 spiro atoms. The number of carboxylic acid groups (broad SMARTS) is 1. The number of nitrogens with one attached hydrogen (secondary N) is 7. The van der Waals surface area contributed by atoms with Gasteiger partial charge in [-0.3, -0.25) is 67.1 Å². The van der Waals surface area contributed by atoms with Crippen LogP contribution in [0, 0.1) is 5.92 Å². The number of esters is 3. The van der Waals surface area contributed by atoms with Crippen LogP contribution in [0.3, 0.4) is 0 Å². The van der Waals surface area contributed by atoms with Gasteiger partial charge in [0.2, 0.25) is 59.1 Å². The first kappa shape index (κ1) is 64.8. The zero-order chi connectivity index (χ0) is 58.7. The van der Waals surface area contributed by atoms with Crippen LogP contribution in [0.5, 0.6) is 0 Å². The van der Waals surface area contributed by atoms with E-state index in [1.165, 1.54) is 18.7 Å². The van der Waals surface area contributed by atoms with E-state index in [1.54, 1.807) is 13.8 Å². The summed E-state index contributed by atoms with van der Waals surface area (Å²) < 4.78 is 28.6. The molecule has 0 saturated carbocycles. The van der Waals surface area contributed by atoms with Gasteiger partial charge in [0.1, 0.15) is 55.0 Å². The van der Waals surface area contributed by atoms with Crippen LogP contribution in [-0.4, -0.2) is 204 Å². The number of carbonyl (C=O) groups is 14. The highest BCUT2D eigenvalue weighted by molar-refractivity contribution is 5.98. The van der Waals surface area contributed by atoms with Gasteiger partial charge in [0.25, 0.3) is 0 Å². The number of carboxylic acids is 1. The molecule has 0 aromatic heterocycles. The second-order valence-electron chi connectivity index (χ2n) is 19.5. The van der Waals surface area contributed by atoms with Gasteiger partial charge < -0.3 is 81.5 Å². The SMILES string of the molecule is CC(=O)N[C@H]1[C@@H](O[C@H](C)[C@H](NC(=O)[C@@H]2CCCN2C(=O)[C@H](C)NC(=O)[C@H](CC(C)C)NC(=O)[C@H](CCC(=O)O)NC(C)=O)C(=O)NCC(=O)N2CCC[C@H]2C(=O)NCC(N)=O)O[C@H](COC(C)=O)[C@H](OC(C)=O)[C@@H]1OC(C)=O. The van der Waals surface area contributed by atoms with Crippen LogP contribution in [0.25, 0.3) is 0 Å². The van der Waals surface area contributed by atoms with Crippen molar-refractivity contribution in [2.75, 3.05) is 32.8 Å². The van der Waals surface area contributed by atoms with Gasteiger partial charge in [-0.05, 0) is 58.3 Å². The maximum atomic E-state index is 14.5. The van der Waals surface area contributed by atoms with E-state index in [0.717, 1.165) is 39.5 Å². The van der Waals surface area contributed by atoms with Crippen molar-refractivity contribution in [3.05, 3.63) is 0 Å². The average Bonchev–Trinajstić information content (AvgIpc) is 4.05. The fourth-order valence-corrected chi connectivity index (χ4v) is 9.03. The first-order chi connectivity index (χ1) is 36.5. The lowest BCUT2D eigenvalue weighted by Gasteiger charge is -2.46. The molecule has 12 atom stereocenters. The maximum absolute atomic E-state index is 14.5. The minimum atomic E-state index is -1.81. The maximum Gasteiger partial charge on any atom is 0.303 e. The Morgan fingerprint density at radius 1 is 0.667 bits per heavy atom. The van der Waals surface area contributed by atoms with Crippen molar-refractivity contribution in [2.45, 2.75) is 180 Å². The van der Waals surface area contributed by atoms with E-state index in [9.17, 15) is 72.2 Å². The summed E-state index contributed by atoms with van der Waals surface area (Å²) in [6.45, 7) is 9.74. The highest BCUT2D eigenvalue weighted by Crippen LogP contribution is 2.30. The van der Waals surface area contributed by atoms with E-state index in [1.807, 2.05) is 0 Å². The number of hydrogen-bond acceptors (Lipinski definition) is 19. The second kappa shape index (κ2) is 30.4. The van der Waals surface area contributed by atoms with Crippen LogP contribution in [0.2, 0.25) is 0 Å². The number of carbonyl (C=O) groups excluding carboxylic acids is 13. The fourth-order valence-electron chi connectivity index (χ4n) is 9.03. The predicted octanol–water partition coefficient (Wildman–Crippen LogP) is -4.36. The average molecular weight is 1110 g/mol. The molecule has 30 nitrogen and oxygen atoms in total. The molecule has 0 aromatic rings. The lowest BCUT2D eigenvalue weighted by atomic mass is 9.95. The summed E-state index contributed by atoms with van der Waals surface area (Å²) in [5.74, 6) is -12.0. The molecule has 10 N–H and O–H groups in total. The van der Waals surface area contributed by atoms with E-state index in [-0.39, 0.29) is 51.1 Å². The Bertz CT molecular complexity index is 2270. The van der Waals surface area contributed by atoms with Crippen LogP contribution in [0.4, 0.5) is 0 Å². The molecule has 0 radical (unpaired) electrons. The third kappa shape index (κ3) is 20.1. The van der Waals surface area contributed by atoms with Gasteiger partial charge in [0, 0.05) is 54.1 Å². The molecule has 3 heterocycles. The lowest BCUT2D eigenvalue weighted by molar-refractivity contribution is -0.287. The largest absolute Gasteiger partial charge is 0.481 e. The summed E-state index contributed by atoms with van der Waals surface area (Å²) in [5, 5.41) is 26.6. The molecule has 3 aliphatic rings. The number of rotatable bonds is 27. The summed E-state index contributed by atoms with van der Waals surface area (Å²) in [6.07, 6.45) is -7.64. The van der Waals surface area contributed by atoms with E-state index >= 15 is 0 Å². The lowest BCUT2D eigenvalue weighted by Crippen LogP contribution is -2.68. The Hall–Kier alpha value is -7.50. The number of nitrogens with zero attached hydrogens (tertiary/aromatic N) is 2. The van der Waals surface area contributed by atoms with Gasteiger partial charge in [-0.1, -0.05) is 13.8 Å². The Labute approximate surface area is 449 Å². The van der Waals surface area contributed by atoms with Crippen LogP contribution in [0.1, 0.15) is 107 Å². The van der Waals surface area contributed by atoms with Crippen molar-refractivity contribution in [2.24, 2.45) is 11.7 Å². The number of primary amides is 1. The van der Waals surface area contributed by atoms with Crippen LogP contribution < -0.4 is 43.0 Å². The summed E-state index contributed by atoms with van der Waals surface area (Å²) in [5.41, 5.74) is 5.16. The van der Waals surface area contributed by atoms with Crippen molar-refractivity contribution in [3.63, 3.8) is 0 Å². The topological polar surface area (TPSA) is 422 Å². The first-order valence-electron chi connectivity index (χ1n) is 25.4. The van der Waals surface area contributed by atoms with Crippen molar-refractivity contribution in [1.29, 1.82) is 0 Å². The molecule has 10 amide bonds. The predicted molar refractivity (Wildman–Crippen MR) is 265 cm³/mol. The van der Waals surface area contributed by atoms with Gasteiger partial charge in [-0.25, -0.2) is 0 Å². The molecular formula is C48H74N10O20. The monoisotopic (exact) mass is 1110 g/mol. The second-order valence-corrected chi connectivity index (χ2v) is 19.5. The first-order valence-corrected chi connectivity index (χ1v) is 25.4. The summed E-state index contributed by atoms with van der Waals surface area (Å²) in [4.78, 5) is 183. The molecule has 0 bridgehead atoms. The van der Waals surface area contributed by atoms with E-state index in [2.05, 4.69) is 37.2 Å². The van der Waals surface area contributed by atoms with Crippen LogP contribution in [0.15, 0.2) is 0 Å². The van der Waals surface area contributed by atoms with E-state index < -0.39 is 182 Å². The van der Waals surface area contributed by atoms with Crippen molar-refractivity contribution in [1.82, 2.24) is 47.0 Å². The molecule has 3 aliphatic heterocycles. The highest BCUT2D eigenvalue weighted by atomic mass is 16.7. The number of aliphatic carboxylic acids is 1. The zero-order valence-corrected chi connectivity index (χ0v) is 45.2. The Balaban J connectivity index is 1.98. The molecular weight excluding hydrogens is 1040 g/mol. The summed E-state index contributed by atoms with van der Waals surface area (Å²) in [7, 11) is 0. The molecule has 0 aliphatic carbocycles. The standard InChI is InChI=1S/C48H74N10O20/c1-22(2)18-31(55-42(68)30(53-25(5)59)14-15-37(66)67)43(69)52-23(3)47(73)58-17-11-13-33(58)45(71)56-38(46(72)51-20-36(65)57-16-10-12-32(57)44(70)50-19-35(49)64)24(4)75-48-39(54-26(6)60)41(77-29(9)63)40(76-28(8)62)34(78-48)21-74-27(7)61/h22-24,30-34,38-41,48H,10-21H2,1-9H3,(H2,49,64)(H,50,70)(H,51,72)(H,52,69)(H,53,59)(H,54,60)(H,55,68)(H,56,71)(H,66,67)/t23-,24+,30-,31-,32-,33-,34+,38-,39+,40-,41+,48-/m0/s1. The minimum absolute atomic E-state index is 0.00816. The number of likely N-dealkylation sites (tertiary alicyclic amines) is 2. The van der Waals surface area contributed by atoms with Crippen molar-refractivity contribution < 1.29 is 95.9 Å². The number of nitrogens with two attached hydrogens (primary N) is 1. The van der Waals surface area contributed by atoms with Crippen LogP contribution in [-0.2, 0) is 90.8 Å². The van der Waals surface area contributed by atoms with E-state index in [4.69, 9.17) is 29.4 Å². The Kier molecular flexibility index (Phi) is 25.3. The molecule has 78 heavy (non-hydrogen) atoms. The van der Waals surface area contributed by atoms with Gasteiger partial charge in [0.05, 0.1) is 19.2 Å². The smallest absolute Gasteiger partial charge is 0.303 e. The molecule has 30 heteroatoms. The molecule has 3 fully saturated rings. The van der Waals surface area contributed by atoms with Crippen molar-refractivity contribution in [3.8, 4) is 0 Å². The highest BCUT2D eigenvalue weighted by Gasteiger charge is 2.52. The van der Waals surface area contributed by atoms with Gasteiger partial charge in [-0.15, -0.1) is 0 Å². The molecule has 0 aromatic carbocycles. The molecule has 3 saturated heterocycles. The summed E-state index contributed by atoms with van der Waals surface area (Å²) >= 11 is 0. The van der Waals surface area contributed by atoms with Gasteiger partial charge >= 0.3 is 23.9 Å². The quantitative estimate of drug-likeness (QED) is 0.0277.